The van der Waals surface area contributed by atoms with Crippen molar-refractivity contribution in [2.24, 2.45) is 0 Å². The van der Waals surface area contributed by atoms with E-state index in [1.807, 2.05) is 67.6 Å². The molecule has 29 heavy (non-hydrogen) atoms. The van der Waals surface area contributed by atoms with Crippen LogP contribution in [-0.2, 0) is 12.8 Å². The molecule has 1 aliphatic rings. The van der Waals surface area contributed by atoms with Crippen LogP contribution < -0.4 is 20.1 Å². The first-order chi connectivity index (χ1) is 14.2. The second-order valence-electron chi connectivity index (χ2n) is 7.19. The summed E-state index contributed by atoms with van der Waals surface area (Å²) in [5.41, 5.74) is 4.10. The van der Waals surface area contributed by atoms with Crippen molar-refractivity contribution < 1.29 is 14.3 Å². The molecule has 1 aliphatic heterocycles. The molecular formula is C24H24N2O3. The van der Waals surface area contributed by atoms with Gasteiger partial charge in [0.1, 0.15) is 0 Å². The molecular weight excluding hydrogens is 364 g/mol. The average molecular weight is 388 g/mol. The normalized spacial score (nSPS) is 13.0. The van der Waals surface area contributed by atoms with Crippen LogP contribution in [0, 0.1) is 6.92 Å². The van der Waals surface area contributed by atoms with E-state index < -0.39 is 0 Å². The quantitative estimate of drug-likeness (QED) is 0.644. The lowest BCUT2D eigenvalue weighted by Crippen LogP contribution is -2.40. The summed E-state index contributed by atoms with van der Waals surface area (Å²) in [6, 6.07) is 23.6. The molecule has 4 rings (SSSR count). The maximum atomic E-state index is 12.7. The maximum absolute atomic E-state index is 12.7. The summed E-state index contributed by atoms with van der Waals surface area (Å²) in [6.07, 6.45) is 1.42. The third-order valence-corrected chi connectivity index (χ3v) is 4.97. The van der Waals surface area contributed by atoms with E-state index >= 15 is 0 Å². The lowest BCUT2D eigenvalue weighted by molar-refractivity contribution is 0.174. The SMILES string of the molecule is Cc1ccccc1NC(=O)N[C@@H](Cc1ccccc1)Cc1ccc2c(c1)OCO2. The predicted octanol–water partition coefficient (Wildman–Crippen LogP) is 4.70. The zero-order valence-electron chi connectivity index (χ0n) is 16.4. The van der Waals surface area contributed by atoms with Gasteiger partial charge in [0.15, 0.2) is 11.5 Å². The number of urea groups is 1. The Kier molecular flexibility index (Phi) is 5.66. The molecule has 0 unspecified atom stereocenters. The largest absolute Gasteiger partial charge is 0.454 e. The van der Waals surface area contributed by atoms with Gasteiger partial charge in [-0.15, -0.1) is 0 Å². The number of carbonyl (C=O) groups excluding carboxylic acids is 1. The van der Waals surface area contributed by atoms with Gasteiger partial charge in [-0.3, -0.25) is 0 Å². The maximum Gasteiger partial charge on any atom is 0.319 e. The van der Waals surface area contributed by atoms with E-state index in [1.165, 1.54) is 5.56 Å². The number of rotatable bonds is 6. The zero-order chi connectivity index (χ0) is 20.1. The van der Waals surface area contributed by atoms with Crippen molar-refractivity contribution in [1.29, 1.82) is 0 Å². The molecule has 0 saturated heterocycles. The minimum Gasteiger partial charge on any atom is -0.454 e. The van der Waals surface area contributed by atoms with E-state index in [0.29, 0.717) is 6.42 Å². The van der Waals surface area contributed by atoms with E-state index in [1.54, 1.807) is 0 Å². The number of fused-ring (bicyclic) bond motifs is 1. The van der Waals surface area contributed by atoms with Gasteiger partial charge in [-0.1, -0.05) is 54.6 Å². The molecule has 0 spiro atoms. The number of aryl methyl sites for hydroxylation is 1. The van der Waals surface area contributed by atoms with E-state index in [2.05, 4.69) is 22.8 Å². The van der Waals surface area contributed by atoms with Gasteiger partial charge in [0.25, 0.3) is 0 Å². The molecule has 148 valence electrons. The first kappa shape index (κ1) is 18.9. The second kappa shape index (κ2) is 8.69. The first-order valence-electron chi connectivity index (χ1n) is 9.73. The molecule has 0 bridgehead atoms. The number of hydrogen-bond donors (Lipinski definition) is 2. The summed E-state index contributed by atoms with van der Waals surface area (Å²) >= 11 is 0. The number of nitrogens with one attached hydrogen (secondary N) is 2. The molecule has 0 fully saturated rings. The van der Waals surface area contributed by atoms with Gasteiger partial charge in [0.2, 0.25) is 6.79 Å². The summed E-state index contributed by atoms with van der Waals surface area (Å²) in [4.78, 5) is 12.7. The topological polar surface area (TPSA) is 59.6 Å². The number of ether oxygens (including phenoxy) is 2. The standard InChI is InChI=1S/C24H24N2O3/c1-17-7-5-6-10-21(17)26-24(27)25-20(13-18-8-3-2-4-9-18)14-19-11-12-22-23(15-19)29-16-28-22/h2-12,15,20H,13-14,16H2,1H3,(H2,25,26,27)/t20-/m0/s1. The zero-order valence-corrected chi connectivity index (χ0v) is 16.4. The van der Waals surface area contributed by atoms with Crippen LogP contribution in [0.15, 0.2) is 72.8 Å². The molecule has 0 radical (unpaired) electrons. The van der Waals surface area contributed by atoms with E-state index in [4.69, 9.17) is 9.47 Å². The number of amides is 2. The Hall–Kier alpha value is -3.47. The van der Waals surface area contributed by atoms with Gasteiger partial charge in [-0.05, 0) is 54.7 Å². The average Bonchev–Trinajstić information content (AvgIpc) is 3.18. The van der Waals surface area contributed by atoms with Crippen molar-refractivity contribution in [2.45, 2.75) is 25.8 Å². The highest BCUT2D eigenvalue weighted by molar-refractivity contribution is 5.90. The minimum atomic E-state index is -0.207. The van der Waals surface area contributed by atoms with Gasteiger partial charge >= 0.3 is 6.03 Å². The minimum absolute atomic E-state index is 0.0678. The molecule has 0 aromatic heterocycles. The fraction of sp³-hybridized carbons (Fsp3) is 0.208. The molecule has 2 N–H and O–H groups in total. The summed E-state index contributed by atoms with van der Waals surface area (Å²) in [6.45, 7) is 2.23. The first-order valence-corrected chi connectivity index (χ1v) is 9.73. The number of benzene rings is 3. The molecule has 1 heterocycles. The monoisotopic (exact) mass is 388 g/mol. The van der Waals surface area contributed by atoms with Gasteiger partial charge < -0.3 is 20.1 Å². The molecule has 1 atom stereocenters. The van der Waals surface area contributed by atoms with Gasteiger partial charge in [-0.25, -0.2) is 4.79 Å². The summed E-state index contributed by atoms with van der Waals surface area (Å²) < 4.78 is 10.9. The van der Waals surface area contributed by atoms with Crippen LogP contribution in [0.5, 0.6) is 11.5 Å². The summed E-state index contributed by atoms with van der Waals surface area (Å²) in [7, 11) is 0. The Labute approximate surface area is 170 Å². The van der Waals surface area contributed by atoms with Crippen molar-refractivity contribution in [3.63, 3.8) is 0 Å². The van der Waals surface area contributed by atoms with Crippen molar-refractivity contribution >= 4 is 11.7 Å². The molecule has 3 aromatic carbocycles. The fourth-order valence-electron chi connectivity index (χ4n) is 3.48. The second-order valence-corrected chi connectivity index (χ2v) is 7.19. The number of carbonyl (C=O) groups is 1. The molecule has 2 amide bonds. The third kappa shape index (κ3) is 4.88. The summed E-state index contributed by atoms with van der Waals surface area (Å²) in [5, 5.41) is 6.09. The molecule has 3 aromatic rings. The van der Waals surface area contributed by atoms with Crippen molar-refractivity contribution in [3.05, 3.63) is 89.5 Å². The van der Waals surface area contributed by atoms with Crippen molar-refractivity contribution in [3.8, 4) is 11.5 Å². The van der Waals surface area contributed by atoms with Crippen LogP contribution in [0.1, 0.15) is 16.7 Å². The van der Waals surface area contributed by atoms with Crippen LogP contribution >= 0.6 is 0 Å². The molecule has 0 aliphatic carbocycles. The predicted molar refractivity (Wildman–Crippen MR) is 114 cm³/mol. The van der Waals surface area contributed by atoms with Gasteiger partial charge in [0, 0.05) is 11.7 Å². The van der Waals surface area contributed by atoms with Crippen LogP contribution in [0.2, 0.25) is 0 Å². The highest BCUT2D eigenvalue weighted by Gasteiger charge is 2.18. The Morgan fingerprint density at radius 2 is 1.62 bits per heavy atom. The van der Waals surface area contributed by atoms with Crippen LogP contribution in [0.4, 0.5) is 10.5 Å². The molecule has 0 saturated carbocycles. The van der Waals surface area contributed by atoms with Gasteiger partial charge in [-0.2, -0.15) is 0 Å². The Balaban J connectivity index is 1.48. The number of anilines is 1. The van der Waals surface area contributed by atoms with Gasteiger partial charge in [0.05, 0.1) is 0 Å². The van der Waals surface area contributed by atoms with Crippen LogP contribution in [-0.4, -0.2) is 18.9 Å². The van der Waals surface area contributed by atoms with Crippen molar-refractivity contribution in [1.82, 2.24) is 5.32 Å². The lowest BCUT2D eigenvalue weighted by Gasteiger charge is -2.20. The highest BCUT2D eigenvalue weighted by atomic mass is 16.7. The lowest BCUT2D eigenvalue weighted by atomic mass is 9.98. The number of para-hydroxylation sites is 1. The third-order valence-electron chi connectivity index (χ3n) is 4.97. The summed E-state index contributed by atoms with van der Waals surface area (Å²) in [5.74, 6) is 1.52. The number of hydrogen-bond acceptors (Lipinski definition) is 3. The Morgan fingerprint density at radius 1 is 0.897 bits per heavy atom. The Bertz CT molecular complexity index is 988. The fourth-order valence-corrected chi connectivity index (χ4v) is 3.48. The van der Waals surface area contributed by atoms with E-state index in [-0.39, 0.29) is 18.9 Å². The molecule has 5 nitrogen and oxygen atoms in total. The van der Waals surface area contributed by atoms with Crippen LogP contribution in [0.25, 0.3) is 0 Å². The Morgan fingerprint density at radius 3 is 2.45 bits per heavy atom. The highest BCUT2D eigenvalue weighted by Crippen LogP contribution is 2.32. The molecule has 5 heteroatoms. The smallest absolute Gasteiger partial charge is 0.319 e. The van der Waals surface area contributed by atoms with E-state index in [0.717, 1.165) is 34.7 Å². The van der Waals surface area contributed by atoms with E-state index in [9.17, 15) is 4.79 Å². The van der Waals surface area contributed by atoms with Crippen molar-refractivity contribution in [2.75, 3.05) is 12.1 Å². The van der Waals surface area contributed by atoms with Crippen LogP contribution in [0.3, 0.4) is 0 Å².